The van der Waals surface area contributed by atoms with E-state index >= 15 is 0 Å². The van der Waals surface area contributed by atoms with E-state index in [0.717, 1.165) is 6.42 Å². The third kappa shape index (κ3) is 4.81. The molecule has 3 aromatic rings. The van der Waals surface area contributed by atoms with Crippen molar-refractivity contribution >= 4 is 39.1 Å². The minimum atomic E-state index is -0.886. The first kappa shape index (κ1) is 25.3. The number of aliphatic hydroxyl groups excluding tert-OH is 1. The topological polar surface area (TPSA) is 85.3 Å². The molecule has 0 saturated carbocycles. The van der Waals surface area contributed by atoms with E-state index in [4.69, 9.17) is 14.2 Å². The van der Waals surface area contributed by atoms with Gasteiger partial charge in [-0.1, -0.05) is 25.1 Å². The Morgan fingerprint density at radius 2 is 1.72 bits per heavy atom. The lowest BCUT2D eigenvalue weighted by Crippen LogP contribution is -2.29. The van der Waals surface area contributed by atoms with Crippen LogP contribution in [0.4, 0.5) is 5.69 Å². The Morgan fingerprint density at radius 1 is 0.972 bits per heavy atom. The number of halogens is 1. The van der Waals surface area contributed by atoms with Crippen molar-refractivity contribution in [2.75, 3.05) is 25.7 Å². The number of aliphatic hydroxyl groups is 1. The molecule has 1 unspecified atom stereocenters. The lowest BCUT2D eigenvalue weighted by Gasteiger charge is -2.26. The van der Waals surface area contributed by atoms with E-state index in [1.165, 1.54) is 19.1 Å². The molecule has 0 radical (unpaired) electrons. The first-order valence-electron chi connectivity index (χ1n) is 11.4. The molecule has 1 amide bonds. The SMILES string of the molecule is CCCOc1cccc(C2/C(=C(\O)c3ccc(OC)c(Br)c3)C(=O)C(=O)N2c2cccc(OC)c2)c1. The van der Waals surface area contributed by atoms with Gasteiger partial charge in [0, 0.05) is 17.3 Å². The van der Waals surface area contributed by atoms with Gasteiger partial charge in [0.05, 0.1) is 36.9 Å². The number of Topliss-reactive ketones (excluding diaryl/α,β-unsaturated/α-hetero) is 1. The first-order valence-corrected chi connectivity index (χ1v) is 12.2. The van der Waals surface area contributed by atoms with Crippen molar-refractivity contribution in [2.24, 2.45) is 0 Å². The molecule has 186 valence electrons. The van der Waals surface area contributed by atoms with Crippen LogP contribution >= 0.6 is 15.9 Å². The summed E-state index contributed by atoms with van der Waals surface area (Å²) in [5.74, 6) is -0.105. The highest BCUT2D eigenvalue weighted by Gasteiger charge is 2.47. The fourth-order valence-electron chi connectivity index (χ4n) is 4.14. The Morgan fingerprint density at radius 3 is 2.42 bits per heavy atom. The highest BCUT2D eigenvalue weighted by atomic mass is 79.9. The molecule has 0 bridgehead atoms. The fourth-order valence-corrected chi connectivity index (χ4v) is 4.68. The van der Waals surface area contributed by atoms with Crippen LogP contribution in [0.25, 0.3) is 5.76 Å². The molecule has 1 N–H and O–H groups in total. The number of anilines is 1. The Labute approximate surface area is 218 Å². The van der Waals surface area contributed by atoms with Crippen molar-refractivity contribution < 1.29 is 28.9 Å². The van der Waals surface area contributed by atoms with Crippen LogP contribution in [-0.4, -0.2) is 37.6 Å². The predicted molar refractivity (Wildman–Crippen MR) is 141 cm³/mol. The maximum atomic E-state index is 13.4. The summed E-state index contributed by atoms with van der Waals surface area (Å²) in [6, 6.07) is 18.2. The van der Waals surface area contributed by atoms with Crippen molar-refractivity contribution in [3.05, 3.63) is 87.9 Å². The second kappa shape index (κ2) is 10.9. The van der Waals surface area contributed by atoms with Crippen LogP contribution in [0, 0.1) is 0 Å². The zero-order chi connectivity index (χ0) is 25.8. The third-order valence-electron chi connectivity index (χ3n) is 5.85. The van der Waals surface area contributed by atoms with Gasteiger partial charge in [-0.15, -0.1) is 0 Å². The van der Waals surface area contributed by atoms with E-state index in [1.54, 1.807) is 60.7 Å². The summed E-state index contributed by atoms with van der Waals surface area (Å²) < 4.78 is 17.0. The smallest absolute Gasteiger partial charge is 0.300 e. The molecular formula is C28H26BrNO6. The van der Waals surface area contributed by atoms with Crippen molar-refractivity contribution in [3.8, 4) is 17.2 Å². The van der Waals surface area contributed by atoms with Gasteiger partial charge in [0.1, 0.15) is 23.0 Å². The molecule has 0 spiro atoms. The number of ketones is 1. The molecule has 0 aromatic heterocycles. The number of hydrogen-bond donors (Lipinski definition) is 1. The molecule has 1 saturated heterocycles. The van der Waals surface area contributed by atoms with Crippen LogP contribution in [-0.2, 0) is 9.59 Å². The Bertz CT molecular complexity index is 1340. The van der Waals surface area contributed by atoms with Crippen molar-refractivity contribution in [3.63, 3.8) is 0 Å². The largest absolute Gasteiger partial charge is 0.507 e. The number of ether oxygens (including phenoxy) is 3. The van der Waals surface area contributed by atoms with Crippen LogP contribution in [0.2, 0.25) is 0 Å². The molecule has 1 atom stereocenters. The normalized spacial score (nSPS) is 16.8. The molecule has 1 aliphatic rings. The molecular weight excluding hydrogens is 526 g/mol. The fraction of sp³-hybridized carbons (Fsp3) is 0.214. The number of carbonyl (C=O) groups excluding carboxylic acids is 2. The Kier molecular flexibility index (Phi) is 7.64. The van der Waals surface area contributed by atoms with Crippen molar-refractivity contribution in [1.82, 2.24) is 0 Å². The van der Waals surface area contributed by atoms with Gasteiger partial charge in [0.25, 0.3) is 11.7 Å². The number of hydrogen-bond acceptors (Lipinski definition) is 6. The van der Waals surface area contributed by atoms with Gasteiger partial charge in [-0.05, 0) is 70.4 Å². The maximum absolute atomic E-state index is 13.4. The average Bonchev–Trinajstić information content (AvgIpc) is 3.17. The van der Waals surface area contributed by atoms with Gasteiger partial charge in [-0.3, -0.25) is 14.5 Å². The minimum Gasteiger partial charge on any atom is -0.507 e. The lowest BCUT2D eigenvalue weighted by molar-refractivity contribution is -0.132. The predicted octanol–water partition coefficient (Wildman–Crippen LogP) is 5.88. The standard InChI is InChI=1S/C28H26BrNO6/c1-4-13-36-21-10-5-7-17(14-21)25-24(26(31)18-11-12-23(35-3)22(29)15-18)27(32)28(33)30(25)19-8-6-9-20(16-19)34-2/h5-12,14-16,25,31H,4,13H2,1-3H3/b26-24+. The van der Waals surface area contributed by atoms with E-state index in [1.807, 2.05) is 13.0 Å². The first-order chi connectivity index (χ1) is 17.4. The zero-order valence-corrected chi connectivity index (χ0v) is 21.7. The molecule has 7 nitrogen and oxygen atoms in total. The molecule has 36 heavy (non-hydrogen) atoms. The van der Waals surface area contributed by atoms with E-state index < -0.39 is 17.7 Å². The molecule has 1 fully saturated rings. The highest BCUT2D eigenvalue weighted by molar-refractivity contribution is 9.10. The summed E-state index contributed by atoms with van der Waals surface area (Å²) >= 11 is 3.42. The Balaban J connectivity index is 1.92. The molecule has 4 rings (SSSR count). The van der Waals surface area contributed by atoms with Gasteiger partial charge in [-0.2, -0.15) is 0 Å². The number of rotatable bonds is 8. The number of nitrogens with zero attached hydrogens (tertiary/aromatic N) is 1. The van der Waals surface area contributed by atoms with Crippen molar-refractivity contribution in [1.29, 1.82) is 0 Å². The Hall–Kier alpha value is -3.78. The average molecular weight is 552 g/mol. The summed E-state index contributed by atoms with van der Waals surface area (Å²) in [7, 11) is 3.06. The molecule has 0 aliphatic carbocycles. The minimum absolute atomic E-state index is 0.0208. The molecule has 3 aromatic carbocycles. The van der Waals surface area contributed by atoms with E-state index in [0.29, 0.717) is 45.1 Å². The maximum Gasteiger partial charge on any atom is 0.300 e. The lowest BCUT2D eigenvalue weighted by atomic mass is 9.95. The second-order valence-electron chi connectivity index (χ2n) is 8.14. The van der Waals surface area contributed by atoms with Gasteiger partial charge in [0.15, 0.2) is 0 Å². The summed E-state index contributed by atoms with van der Waals surface area (Å²) in [6.45, 7) is 2.54. The van der Waals surface area contributed by atoms with Crippen LogP contribution in [0.15, 0.2) is 76.8 Å². The number of methoxy groups -OCH3 is 2. The van der Waals surface area contributed by atoms with Crippen LogP contribution in [0.3, 0.4) is 0 Å². The molecule has 1 heterocycles. The van der Waals surface area contributed by atoms with Crippen LogP contribution in [0.5, 0.6) is 17.2 Å². The quantitative estimate of drug-likeness (QED) is 0.214. The number of benzene rings is 3. The van der Waals surface area contributed by atoms with Gasteiger partial charge < -0.3 is 19.3 Å². The van der Waals surface area contributed by atoms with Crippen LogP contribution < -0.4 is 19.1 Å². The van der Waals surface area contributed by atoms with Gasteiger partial charge >= 0.3 is 0 Å². The van der Waals surface area contributed by atoms with Crippen LogP contribution in [0.1, 0.15) is 30.5 Å². The van der Waals surface area contributed by atoms with Gasteiger partial charge in [-0.25, -0.2) is 0 Å². The summed E-state index contributed by atoms with van der Waals surface area (Å²) in [4.78, 5) is 28.2. The number of carbonyl (C=O) groups is 2. The summed E-state index contributed by atoms with van der Waals surface area (Å²) in [5, 5.41) is 11.4. The van der Waals surface area contributed by atoms with Gasteiger partial charge in [0.2, 0.25) is 0 Å². The second-order valence-corrected chi connectivity index (χ2v) is 9.00. The monoisotopic (exact) mass is 551 g/mol. The summed E-state index contributed by atoms with van der Waals surface area (Å²) in [5.41, 5.74) is 1.44. The number of amides is 1. The molecule has 1 aliphatic heterocycles. The van der Waals surface area contributed by atoms with E-state index in [2.05, 4.69) is 15.9 Å². The third-order valence-corrected chi connectivity index (χ3v) is 6.47. The zero-order valence-electron chi connectivity index (χ0n) is 20.2. The van der Waals surface area contributed by atoms with E-state index in [-0.39, 0.29) is 11.3 Å². The van der Waals surface area contributed by atoms with E-state index in [9.17, 15) is 14.7 Å². The summed E-state index contributed by atoms with van der Waals surface area (Å²) in [6.07, 6.45) is 0.832. The van der Waals surface area contributed by atoms with Crippen molar-refractivity contribution in [2.45, 2.75) is 19.4 Å². The highest BCUT2D eigenvalue weighted by Crippen LogP contribution is 2.44. The molecule has 8 heteroatoms.